The summed E-state index contributed by atoms with van der Waals surface area (Å²) in [5.41, 5.74) is 0.345. The zero-order valence-corrected chi connectivity index (χ0v) is 12.7. The Kier molecular flexibility index (Phi) is 7.11. The van der Waals surface area contributed by atoms with Gasteiger partial charge in [-0.3, -0.25) is 10.1 Å². The van der Waals surface area contributed by atoms with Crippen molar-refractivity contribution >= 4 is 5.69 Å². The van der Waals surface area contributed by atoms with E-state index in [-0.39, 0.29) is 5.69 Å². The largest absolute Gasteiger partial charge is 0.491 e. The second-order valence-electron chi connectivity index (χ2n) is 5.30. The molecule has 1 rings (SSSR count). The quantitative estimate of drug-likeness (QED) is 0.430. The van der Waals surface area contributed by atoms with Crippen LogP contribution in [0.1, 0.15) is 38.9 Å². The van der Waals surface area contributed by atoms with Gasteiger partial charge in [-0.05, 0) is 25.3 Å². The fourth-order valence-electron chi connectivity index (χ4n) is 1.74. The van der Waals surface area contributed by atoms with Gasteiger partial charge < -0.3 is 14.6 Å². The molecule has 21 heavy (non-hydrogen) atoms. The van der Waals surface area contributed by atoms with Crippen LogP contribution < -0.4 is 4.74 Å². The summed E-state index contributed by atoms with van der Waals surface area (Å²) < 4.78 is 11.0. The van der Waals surface area contributed by atoms with Gasteiger partial charge in [0.25, 0.3) is 5.69 Å². The van der Waals surface area contributed by atoms with Crippen LogP contribution in [0.25, 0.3) is 0 Å². The third kappa shape index (κ3) is 6.10. The van der Waals surface area contributed by atoms with E-state index in [1.807, 2.05) is 0 Å². The molecule has 0 bridgehead atoms. The predicted molar refractivity (Wildman–Crippen MR) is 79.5 cm³/mol. The van der Waals surface area contributed by atoms with E-state index in [0.29, 0.717) is 37.1 Å². The highest BCUT2D eigenvalue weighted by molar-refractivity contribution is 5.44. The first-order valence-corrected chi connectivity index (χ1v) is 7.08. The normalized spacial score (nSPS) is 12.4. The molecule has 0 radical (unpaired) electrons. The lowest BCUT2D eigenvalue weighted by atomic mass is 10.1. The van der Waals surface area contributed by atoms with Crippen molar-refractivity contribution in [2.24, 2.45) is 5.92 Å². The van der Waals surface area contributed by atoms with E-state index in [1.54, 1.807) is 6.92 Å². The number of benzene rings is 1. The zero-order chi connectivity index (χ0) is 15.8. The first-order valence-electron chi connectivity index (χ1n) is 7.08. The van der Waals surface area contributed by atoms with E-state index < -0.39 is 11.0 Å². The SMILES string of the molecule is CC(C)CCOCCOc1ccc([N+](=O)[O-])cc1[C@H](C)O. The molecule has 0 amide bonds. The molecule has 0 aliphatic rings. The van der Waals surface area contributed by atoms with Crippen molar-refractivity contribution in [1.29, 1.82) is 0 Å². The molecule has 6 heteroatoms. The highest BCUT2D eigenvalue weighted by Crippen LogP contribution is 2.29. The number of hydrogen-bond donors (Lipinski definition) is 1. The Morgan fingerprint density at radius 1 is 1.24 bits per heavy atom. The van der Waals surface area contributed by atoms with Gasteiger partial charge in [-0.1, -0.05) is 13.8 Å². The Hall–Kier alpha value is -1.66. The van der Waals surface area contributed by atoms with Gasteiger partial charge in [0.05, 0.1) is 17.6 Å². The summed E-state index contributed by atoms with van der Waals surface area (Å²) in [5, 5.41) is 20.4. The van der Waals surface area contributed by atoms with Gasteiger partial charge >= 0.3 is 0 Å². The van der Waals surface area contributed by atoms with Crippen molar-refractivity contribution in [1.82, 2.24) is 0 Å². The Morgan fingerprint density at radius 2 is 1.95 bits per heavy atom. The smallest absolute Gasteiger partial charge is 0.270 e. The van der Waals surface area contributed by atoms with E-state index in [9.17, 15) is 15.2 Å². The molecular weight excluding hydrogens is 274 g/mol. The van der Waals surface area contributed by atoms with Crippen molar-refractivity contribution in [3.63, 3.8) is 0 Å². The summed E-state index contributed by atoms with van der Waals surface area (Å²) in [5.74, 6) is 1.05. The summed E-state index contributed by atoms with van der Waals surface area (Å²) in [4.78, 5) is 10.2. The Balaban J connectivity index is 2.52. The summed E-state index contributed by atoms with van der Waals surface area (Å²) in [6, 6.07) is 4.20. The summed E-state index contributed by atoms with van der Waals surface area (Å²) in [6.45, 7) is 7.28. The maximum atomic E-state index is 10.7. The summed E-state index contributed by atoms with van der Waals surface area (Å²) >= 11 is 0. The van der Waals surface area contributed by atoms with Gasteiger partial charge in [0.2, 0.25) is 0 Å². The Labute approximate surface area is 124 Å². The number of aliphatic hydroxyl groups excluding tert-OH is 1. The topological polar surface area (TPSA) is 81.8 Å². The number of nitrogens with zero attached hydrogens (tertiary/aromatic N) is 1. The van der Waals surface area contributed by atoms with Gasteiger partial charge in [-0.25, -0.2) is 0 Å². The lowest BCUT2D eigenvalue weighted by Gasteiger charge is -2.13. The number of hydrogen-bond acceptors (Lipinski definition) is 5. The summed E-state index contributed by atoms with van der Waals surface area (Å²) in [7, 11) is 0. The number of non-ortho nitro benzene ring substituents is 1. The maximum absolute atomic E-state index is 10.7. The predicted octanol–water partition coefficient (Wildman–Crippen LogP) is 3.09. The second kappa shape index (κ2) is 8.59. The lowest BCUT2D eigenvalue weighted by Crippen LogP contribution is -2.10. The van der Waals surface area contributed by atoms with Crippen LogP contribution >= 0.6 is 0 Å². The van der Waals surface area contributed by atoms with Crippen LogP contribution in [0.2, 0.25) is 0 Å². The average Bonchev–Trinajstić information content (AvgIpc) is 2.42. The van der Waals surface area contributed by atoms with Gasteiger partial charge in [-0.15, -0.1) is 0 Å². The van der Waals surface area contributed by atoms with Gasteiger partial charge in [0, 0.05) is 24.3 Å². The molecule has 0 aromatic heterocycles. The first kappa shape index (κ1) is 17.4. The van der Waals surface area contributed by atoms with E-state index >= 15 is 0 Å². The van der Waals surface area contributed by atoms with Crippen LogP contribution in [0.3, 0.4) is 0 Å². The second-order valence-corrected chi connectivity index (χ2v) is 5.30. The fraction of sp³-hybridized carbons (Fsp3) is 0.600. The molecule has 0 saturated heterocycles. The number of nitro groups is 1. The zero-order valence-electron chi connectivity index (χ0n) is 12.7. The van der Waals surface area contributed by atoms with Crippen LogP contribution in [0.15, 0.2) is 18.2 Å². The van der Waals surface area contributed by atoms with E-state index in [0.717, 1.165) is 6.42 Å². The monoisotopic (exact) mass is 297 g/mol. The molecule has 1 atom stereocenters. The number of nitro benzene ring substituents is 1. The van der Waals surface area contributed by atoms with Crippen LogP contribution in [0.4, 0.5) is 5.69 Å². The van der Waals surface area contributed by atoms with Crippen LogP contribution in [-0.2, 0) is 4.74 Å². The van der Waals surface area contributed by atoms with E-state index in [2.05, 4.69) is 13.8 Å². The van der Waals surface area contributed by atoms with Crippen LogP contribution in [0, 0.1) is 16.0 Å². The third-order valence-corrected chi connectivity index (χ3v) is 2.98. The minimum atomic E-state index is -0.832. The molecule has 0 fully saturated rings. The third-order valence-electron chi connectivity index (χ3n) is 2.98. The van der Waals surface area contributed by atoms with Crippen LogP contribution in [0.5, 0.6) is 5.75 Å². The molecule has 1 N–H and O–H groups in total. The van der Waals surface area contributed by atoms with Gasteiger partial charge in [0.1, 0.15) is 12.4 Å². The highest BCUT2D eigenvalue weighted by atomic mass is 16.6. The van der Waals surface area contributed by atoms with E-state index in [1.165, 1.54) is 18.2 Å². The van der Waals surface area contributed by atoms with Crippen molar-refractivity contribution in [2.75, 3.05) is 19.8 Å². The molecule has 0 spiro atoms. The number of aliphatic hydroxyl groups is 1. The standard InChI is InChI=1S/C15H23NO5/c1-11(2)6-7-20-8-9-21-15-5-4-13(16(18)19)10-14(15)12(3)17/h4-5,10-12,17H,6-9H2,1-3H3/t12-/m0/s1. The number of rotatable bonds is 9. The summed E-state index contributed by atoms with van der Waals surface area (Å²) in [6.07, 6.45) is 0.165. The van der Waals surface area contributed by atoms with Crippen molar-refractivity contribution in [3.8, 4) is 5.75 Å². The van der Waals surface area contributed by atoms with Crippen molar-refractivity contribution in [3.05, 3.63) is 33.9 Å². The van der Waals surface area contributed by atoms with Gasteiger partial charge in [-0.2, -0.15) is 0 Å². The first-order chi connectivity index (χ1) is 9.91. The molecule has 6 nitrogen and oxygen atoms in total. The molecule has 118 valence electrons. The van der Waals surface area contributed by atoms with E-state index in [4.69, 9.17) is 9.47 Å². The minimum absolute atomic E-state index is 0.0635. The molecule has 0 unspecified atom stereocenters. The molecular formula is C15H23NO5. The fourth-order valence-corrected chi connectivity index (χ4v) is 1.74. The molecule has 0 aliphatic heterocycles. The lowest BCUT2D eigenvalue weighted by molar-refractivity contribution is -0.385. The van der Waals surface area contributed by atoms with Crippen LogP contribution in [-0.4, -0.2) is 29.9 Å². The van der Waals surface area contributed by atoms with Crippen molar-refractivity contribution < 1.29 is 19.5 Å². The molecule has 0 aliphatic carbocycles. The number of ether oxygens (including phenoxy) is 2. The highest BCUT2D eigenvalue weighted by Gasteiger charge is 2.15. The average molecular weight is 297 g/mol. The molecule has 0 heterocycles. The molecule has 1 aromatic rings. The van der Waals surface area contributed by atoms with Crippen molar-refractivity contribution in [2.45, 2.75) is 33.3 Å². The molecule has 0 saturated carbocycles. The maximum Gasteiger partial charge on any atom is 0.270 e. The molecule has 1 aromatic carbocycles. The van der Waals surface area contributed by atoms with Gasteiger partial charge in [0.15, 0.2) is 0 Å². The Bertz CT molecular complexity index is 459. The Morgan fingerprint density at radius 3 is 2.52 bits per heavy atom. The minimum Gasteiger partial charge on any atom is -0.491 e.